The molecular weight excluding hydrogens is 254 g/mol. The maximum atomic E-state index is 5.70. The van der Waals surface area contributed by atoms with Crippen LogP contribution in [-0.2, 0) is 20.0 Å². The molecule has 1 aliphatic rings. The highest BCUT2D eigenvalue weighted by atomic mass is 32.2. The molecule has 1 aromatic heterocycles. The van der Waals surface area contributed by atoms with E-state index in [0.29, 0.717) is 6.54 Å². The Labute approximate surface area is 118 Å². The second-order valence-electron chi connectivity index (χ2n) is 5.37. The van der Waals surface area contributed by atoms with Gasteiger partial charge in [0.05, 0.1) is 11.0 Å². The van der Waals surface area contributed by atoms with Crippen LogP contribution in [0.5, 0.6) is 0 Å². The first kappa shape index (κ1) is 13.0. The van der Waals surface area contributed by atoms with E-state index in [2.05, 4.69) is 41.6 Å². The zero-order chi connectivity index (χ0) is 13.2. The minimum absolute atomic E-state index is 0.585. The summed E-state index contributed by atoms with van der Waals surface area (Å²) >= 11 is 2.08. The molecule has 4 heteroatoms. The van der Waals surface area contributed by atoms with Gasteiger partial charge in [-0.1, -0.05) is 6.07 Å². The molecule has 0 spiro atoms. The predicted octanol–water partition coefficient (Wildman–Crippen LogP) is 2.72. The molecule has 2 N–H and O–H groups in total. The normalized spacial score (nSPS) is 17.2. The smallest absolute Gasteiger partial charge is 0.109 e. The van der Waals surface area contributed by atoms with Crippen LogP contribution in [0.2, 0.25) is 0 Å². The number of nitrogens with zero attached hydrogens (tertiary/aromatic N) is 2. The summed E-state index contributed by atoms with van der Waals surface area (Å²) < 4.78 is 2.25. The highest BCUT2D eigenvalue weighted by Gasteiger charge is 2.17. The maximum absolute atomic E-state index is 5.70. The van der Waals surface area contributed by atoms with Gasteiger partial charge in [0.15, 0.2) is 0 Å². The van der Waals surface area contributed by atoms with Gasteiger partial charge in [0.25, 0.3) is 0 Å². The third kappa shape index (κ3) is 2.65. The van der Waals surface area contributed by atoms with E-state index in [1.807, 2.05) is 0 Å². The Morgan fingerprint density at radius 1 is 1.37 bits per heavy atom. The topological polar surface area (TPSA) is 43.8 Å². The van der Waals surface area contributed by atoms with E-state index in [9.17, 15) is 0 Å². The average molecular weight is 275 g/mol. The summed E-state index contributed by atoms with van der Waals surface area (Å²) in [6, 6.07) is 6.37. The third-order valence-electron chi connectivity index (χ3n) is 4.09. The van der Waals surface area contributed by atoms with E-state index in [0.717, 1.165) is 23.4 Å². The van der Waals surface area contributed by atoms with Gasteiger partial charge >= 0.3 is 0 Å². The largest absolute Gasteiger partial charge is 0.331 e. The van der Waals surface area contributed by atoms with Crippen molar-refractivity contribution in [2.45, 2.75) is 25.8 Å². The van der Waals surface area contributed by atoms with Gasteiger partial charge in [0.1, 0.15) is 5.82 Å². The van der Waals surface area contributed by atoms with Crippen LogP contribution in [0.1, 0.15) is 24.2 Å². The first-order chi connectivity index (χ1) is 9.28. The summed E-state index contributed by atoms with van der Waals surface area (Å²) in [6.07, 6.45) is 3.79. The lowest BCUT2D eigenvalue weighted by atomic mass is 9.98. The van der Waals surface area contributed by atoms with Crippen molar-refractivity contribution in [1.29, 1.82) is 0 Å². The fourth-order valence-electron chi connectivity index (χ4n) is 2.81. The fourth-order valence-corrected chi connectivity index (χ4v) is 4.02. The summed E-state index contributed by atoms with van der Waals surface area (Å²) in [5.41, 5.74) is 9.17. The Bertz CT molecular complexity index is 570. The molecule has 0 amide bonds. The van der Waals surface area contributed by atoms with Crippen LogP contribution in [0.3, 0.4) is 0 Å². The maximum Gasteiger partial charge on any atom is 0.109 e. The number of hydrogen-bond acceptors (Lipinski definition) is 3. The van der Waals surface area contributed by atoms with Crippen LogP contribution in [0, 0.1) is 5.92 Å². The third-order valence-corrected chi connectivity index (χ3v) is 5.13. The van der Waals surface area contributed by atoms with Gasteiger partial charge in [0.2, 0.25) is 0 Å². The monoisotopic (exact) mass is 275 g/mol. The van der Waals surface area contributed by atoms with Gasteiger partial charge in [-0.25, -0.2) is 4.98 Å². The molecule has 3 rings (SSSR count). The van der Waals surface area contributed by atoms with Gasteiger partial charge < -0.3 is 10.3 Å². The van der Waals surface area contributed by atoms with Crippen molar-refractivity contribution >= 4 is 22.8 Å². The van der Waals surface area contributed by atoms with Crippen LogP contribution in [0.4, 0.5) is 0 Å². The SMILES string of the molecule is Cn1c(CC2CCSCC2)nc2cc(CN)ccc21. The first-order valence-corrected chi connectivity index (χ1v) is 8.15. The molecule has 0 aliphatic carbocycles. The zero-order valence-electron chi connectivity index (χ0n) is 11.4. The highest BCUT2D eigenvalue weighted by molar-refractivity contribution is 7.99. The molecule has 0 radical (unpaired) electrons. The quantitative estimate of drug-likeness (QED) is 0.936. The number of benzene rings is 1. The van der Waals surface area contributed by atoms with Crippen LogP contribution >= 0.6 is 11.8 Å². The molecule has 1 fully saturated rings. The second-order valence-corrected chi connectivity index (χ2v) is 6.60. The van der Waals surface area contributed by atoms with E-state index in [4.69, 9.17) is 10.7 Å². The fraction of sp³-hybridized carbons (Fsp3) is 0.533. The summed E-state index contributed by atoms with van der Waals surface area (Å²) in [7, 11) is 2.13. The number of rotatable bonds is 3. The van der Waals surface area contributed by atoms with Crippen LogP contribution in [0.15, 0.2) is 18.2 Å². The van der Waals surface area contributed by atoms with E-state index >= 15 is 0 Å². The Balaban J connectivity index is 1.88. The Kier molecular flexibility index (Phi) is 3.80. The summed E-state index contributed by atoms with van der Waals surface area (Å²) in [5, 5.41) is 0. The van der Waals surface area contributed by atoms with E-state index in [1.165, 1.54) is 35.7 Å². The summed E-state index contributed by atoms with van der Waals surface area (Å²) in [5.74, 6) is 4.66. The highest BCUT2D eigenvalue weighted by Crippen LogP contribution is 2.27. The Morgan fingerprint density at radius 3 is 2.89 bits per heavy atom. The molecule has 3 nitrogen and oxygen atoms in total. The van der Waals surface area contributed by atoms with Crippen molar-refractivity contribution in [1.82, 2.24) is 9.55 Å². The van der Waals surface area contributed by atoms with Gasteiger partial charge in [0, 0.05) is 20.0 Å². The van der Waals surface area contributed by atoms with Crippen molar-refractivity contribution in [2.75, 3.05) is 11.5 Å². The molecule has 1 saturated heterocycles. The van der Waals surface area contributed by atoms with E-state index in [-0.39, 0.29) is 0 Å². The van der Waals surface area contributed by atoms with Crippen molar-refractivity contribution in [3.63, 3.8) is 0 Å². The number of thioether (sulfide) groups is 1. The molecular formula is C15H21N3S. The molecule has 1 aliphatic heterocycles. The van der Waals surface area contributed by atoms with Gasteiger partial charge in [-0.05, 0) is 48.0 Å². The van der Waals surface area contributed by atoms with Gasteiger partial charge in [-0.3, -0.25) is 0 Å². The number of aryl methyl sites for hydroxylation is 1. The average Bonchev–Trinajstić information content (AvgIpc) is 2.76. The molecule has 0 bridgehead atoms. The molecule has 1 aromatic carbocycles. The van der Waals surface area contributed by atoms with Crippen molar-refractivity contribution in [3.05, 3.63) is 29.6 Å². The second kappa shape index (κ2) is 5.55. The number of aromatic nitrogens is 2. The van der Waals surface area contributed by atoms with Crippen molar-refractivity contribution in [2.24, 2.45) is 18.7 Å². The summed E-state index contributed by atoms with van der Waals surface area (Å²) in [6.45, 7) is 0.585. The van der Waals surface area contributed by atoms with Crippen molar-refractivity contribution in [3.8, 4) is 0 Å². The van der Waals surface area contributed by atoms with E-state index < -0.39 is 0 Å². The lowest BCUT2D eigenvalue weighted by Gasteiger charge is -2.20. The van der Waals surface area contributed by atoms with Crippen molar-refractivity contribution < 1.29 is 0 Å². The van der Waals surface area contributed by atoms with Crippen LogP contribution in [0.25, 0.3) is 11.0 Å². The van der Waals surface area contributed by atoms with Gasteiger partial charge in [-0.2, -0.15) is 11.8 Å². The first-order valence-electron chi connectivity index (χ1n) is 7.00. The molecule has 0 atom stereocenters. The standard InChI is InChI=1S/C15H21N3S/c1-18-14-3-2-12(10-16)8-13(14)17-15(18)9-11-4-6-19-7-5-11/h2-3,8,11H,4-7,9-10,16H2,1H3. The number of hydrogen-bond donors (Lipinski definition) is 1. The molecule has 0 unspecified atom stereocenters. The van der Waals surface area contributed by atoms with Crippen LogP contribution in [-0.4, -0.2) is 21.1 Å². The zero-order valence-corrected chi connectivity index (χ0v) is 12.2. The Hall–Kier alpha value is -1.00. The lowest BCUT2D eigenvalue weighted by molar-refractivity contribution is 0.471. The number of nitrogens with two attached hydrogens (primary N) is 1. The summed E-state index contributed by atoms with van der Waals surface area (Å²) in [4.78, 5) is 4.82. The Morgan fingerprint density at radius 2 is 2.16 bits per heavy atom. The molecule has 19 heavy (non-hydrogen) atoms. The van der Waals surface area contributed by atoms with E-state index in [1.54, 1.807) is 0 Å². The molecule has 102 valence electrons. The minimum atomic E-state index is 0.585. The number of fused-ring (bicyclic) bond motifs is 1. The molecule has 2 heterocycles. The number of imidazole rings is 1. The predicted molar refractivity (Wildman–Crippen MR) is 82.4 cm³/mol. The minimum Gasteiger partial charge on any atom is -0.331 e. The van der Waals surface area contributed by atoms with Crippen LogP contribution < -0.4 is 5.73 Å². The molecule has 0 saturated carbocycles. The van der Waals surface area contributed by atoms with Gasteiger partial charge in [-0.15, -0.1) is 0 Å². The lowest BCUT2D eigenvalue weighted by Crippen LogP contribution is -2.14. The molecule has 2 aromatic rings.